The molecule has 120 valence electrons. The van der Waals surface area contributed by atoms with Crippen molar-refractivity contribution >= 4 is 0 Å². The fourth-order valence-corrected chi connectivity index (χ4v) is 3.96. The molecular formula is C17H32N4. The van der Waals surface area contributed by atoms with Crippen LogP contribution in [-0.4, -0.2) is 39.6 Å². The van der Waals surface area contributed by atoms with Crippen molar-refractivity contribution in [1.29, 1.82) is 0 Å². The molecule has 4 nitrogen and oxygen atoms in total. The van der Waals surface area contributed by atoms with E-state index in [0.29, 0.717) is 0 Å². The third-order valence-electron chi connectivity index (χ3n) is 5.14. The predicted molar refractivity (Wildman–Crippen MR) is 88.2 cm³/mol. The van der Waals surface area contributed by atoms with Crippen molar-refractivity contribution in [3.05, 3.63) is 18.2 Å². The second-order valence-electron chi connectivity index (χ2n) is 6.82. The lowest BCUT2D eigenvalue weighted by Gasteiger charge is -2.48. The first-order valence-electron chi connectivity index (χ1n) is 8.52. The number of imidazole rings is 1. The maximum atomic E-state index is 6.25. The third-order valence-corrected chi connectivity index (χ3v) is 5.14. The summed E-state index contributed by atoms with van der Waals surface area (Å²) in [6.07, 6.45) is 11.3. The number of nitrogens with two attached hydrogens (primary N) is 1. The van der Waals surface area contributed by atoms with Gasteiger partial charge < -0.3 is 10.3 Å². The van der Waals surface area contributed by atoms with Crippen LogP contribution >= 0.6 is 0 Å². The van der Waals surface area contributed by atoms with Gasteiger partial charge >= 0.3 is 0 Å². The van der Waals surface area contributed by atoms with E-state index in [4.69, 9.17) is 5.73 Å². The monoisotopic (exact) mass is 292 g/mol. The summed E-state index contributed by atoms with van der Waals surface area (Å²) in [4.78, 5) is 7.13. The van der Waals surface area contributed by atoms with Crippen LogP contribution in [0.3, 0.4) is 0 Å². The maximum Gasteiger partial charge on any atom is 0.109 e. The fraction of sp³-hybridized carbons (Fsp3) is 0.824. The molecule has 2 atom stereocenters. The molecule has 1 heterocycles. The molecule has 1 fully saturated rings. The fourth-order valence-electron chi connectivity index (χ4n) is 3.96. The smallest absolute Gasteiger partial charge is 0.109 e. The van der Waals surface area contributed by atoms with Crippen molar-refractivity contribution in [2.75, 3.05) is 19.6 Å². The minimum atomic E-state index is 0.221. The van der Waals surface area contributed by atoms with Gasteiger partial charge in [-0.3, -0.25) is 4.90 Å². The van der Waals surface area contributed by atoms with Crippen LogP contribution in [0.25, 0.3) is 0 Å². The molecule has 4 heteroatoms. The molecule has 0 radical (unpaired) electrons. The summed E-state index contributed by atoms with van der Waals surface area (Å²) >= 11 is 0. The molecule has 1 aliphatic carbocycles. The van der Waals surface area contributed by atoms with Gasteiger partial charge in [0.05, 0.1) is 0 Å². The molecular weight excluding hydrogens is 260 g/mol. The molecule has 0 amide bonds. The van der Waals surface area contributed by atoms with Crippen LogP contribution in [0.1, 0.15) is 51.8 Å². The van der Waals surface area contributed by atoms with E-state index >= 15 is 0 Å². The van der Waals surface area contributed by atoms with Crippen LogP contribution < -0.4 is 5.73 Å². The molecule has 2 N–H and O–H groups in total. The zero-order valence-electron chi connectivity index (χ0n) is 14.0. The summed E-state index contributed by atoms with van der Waals surface area (Å²) in [6, 6.07) is 0. The van der Waals surface area contributed by atoms with Crippen molar-refractivity contribution in [1.82, 2.24) is 14.5 Å². The standard InChI is InChI=1S/C17H32N4/c1-4-10-21(11-7-16-19-9-12-20(16)3)17(14-18)8-5-6-15(2)13-17/h9,12,15H,4-8,10-11,13-14,18H2,1-3H3. The van der Waals surface area contributed by atoms with Crippen molar-refractivity contribution in [3.8, 4) is 0 Å². The maximum absolute atomic E-state index is 6.25. The van der Waals surface area contributed by atoms with Gasteiger partial charge in [0.2, 0.25) is 0 Å². The zero-order chi connectivity index (χ0) is 15.3. The molecule has 21 heavy (non-hydrogen) atoms. The number of aryl methyl sites for hydroxylation is 1. The van der Waals surface area contributed by atoms with Crippen molar-refractivity contribution < 1.29 is 0 Å². The van der Waals surface area contributed by atoms with E-state index in [1.54, 1.807) is 0 Å². The van der Waals surface area contributed by atoms with Gasteiger partial charge in [-0.2, -0.15) is 0 Å². The first-order chi connectivity index (χ1) is 10.1. The topological polar surface area (TPSA) is 47.1 Å². The van der Waals surface area contributed by atoms with Crippen LogP contribution in [0.5, 0.6) is 0 Å². The van der Waals surface area contributed by atoms with E-state index in [1.165, 1.54) is 37.9 Å². The number of hydrogen-bond acceptors (Lipinski definition) is 3. The van der Waals surface area contributed by atoms with E-state index in [1.807, 2.05) is 12.4 Å². The lowest BCUT2D eigenvalue weighted by molar-refractivity contribution is 0.0392. The number of nitrogens with zero attached hydrogens (tertiary/aromatic N) is 3. The third kappa shape index (κ3) is 3.86. The molecule has 0 bridgehead atoms. The summed E-state index contributed by atoms with van der Waals surface area (Å²) in [6.45, 7) is 7.66. The van der Waals surface area contributed by atoms with Crippen molar-refractivity contribution in [2.45, 2.75) is 57.9 Å². The summed E-state index contributed by atoms with van der Waals surface area (Å²) in [5, 5.41) is 0. The highest BCUT2D eigenvalue weighted by molar-refractivity contribution is 4.98. The Hall–Kier alpha value is -0.870. The van der Waals surface area contributed by atoms with E-state index in [-0.39, 0.29) is 5.54 Å². The normalized spacial score (nSPS) is 26.4. The van der Waals surface area contributed by atoms with E-state index < -0.39 is 0 Å². The van der Waals surface area contributed by atoms with Gasteiger partial charge in [0.15, 0.2) is 0 Å². The lowest BCUT2D eigenvalue weighted by atomic mass is 9.75. The largest absolute Gasteiger partial charge is 0.338 e. The Balaban J connectivity index is 2.07. The van der Waals surface area contributed by atoms with Crippen LogP contribution in [0.4, 0.5) is 0 Å². The van der Waals surface area contributed by atoms with Gasteiger partial charge in [-0.15, -0.1) is 0 Å². The van der Waals surface area contributed by atoms with E-state index in [9.17, 15) is 0 Å². The lowest BCUT2D eigenvalue weighted by Crippen LogP contribution is -2.57. The number of rotatable bonds is 7. The summed E-state index contributed by atoms with van der Waals surface area (Å²) in [5.74, 6) is 1.97. The number of hydrogen-bond donors (Lipinski definition) is 1. The first kappa shape index (κ1) is 16.5. The molecule has 1 saturated carbocycles. The zero-order valence-corrected chi connectivity index (χ0v) is 14.0. The van der Waals surface area contributed by atoms with E-state index in [2.05, 4.69) is 35.3 Å². The van der Waals surface area contributed by atoms with Gasteiger partial charge in [0.1, 0.15) is 5.82 Å². The first-order valence-corrected chi connectivity index (χ1v) is 8.52. The van der Waals surface area contributed by atoms with E-state index in [0.717, 1.165) is 32.0 Å². The predicted octanol–water partition coefficient (Wildman–Crippen LogP) is 2.58. The molecule has 2 unspecified atom stereocenters. The van der Waals surface area contributed by atoms with Crippen LogP contribution in [0, 0.1) is 5.92 Å². The SMILES string of the molecule is CCCN(CCc1nccn1C)C1(CN)CCCC(C)C1. The van der Waals surface area contributed by atoms with Crippen LogP contribution in [0.15, 0.2) is 12.4 Å². The highest BCUT2D eigenvalue weighted by Crippen LogP contribution is 2.36. The van der Waals surface area contributed by atoms with Gasteiger partial charge in [0, 0.05) is 44.5 Å². The highest BCUT2D eigenvalue weighted by Gasteiger charge is 2.38. The van der Waals surface area contributed by atoms with Gasteiger partial charge in [-0.05, 0) is 31.7 Å². The molecule has 2 rings (SSSR count). The summed E-state index contributed by atoms with van der Waals surface area (Å²) < 4.78 is 2.13. The highest BCUT2D eigenvalue weighted by atomic mass is 15.2. The van der Waals surface area contributed by atoms with Crippen LogP contribution in [-0.2, 0) is 13.5 Å². The van der Waals surface area contributed by atoms with Crippen LogP contribution in [0.2, 0.25) is 0 Å². The Labute approximate surface area is 129 Å². The molecule has 0 spiro atoms. The van der Waals surface area contributed by atoms with Gasteiger partial charge in [0.25, 0.3) is 0 Å². The average Bonchev–Trinajstić information content (AvgIpc) is 2.88. The van der Waals surface area contributed by atoms with Crippen molar-refractivity contribution in [2.24, 2.45) is 18.7 Å². The minimum absolute atomic E-state index is 0.221. The quantitative estimate of drug-likeness (QED) is 0.840. The van der Waals surface area contributed by atoms with Crippen molar-refractivity contribution in [3.63, 3.8) is 0 Å². The molecule has 0 aliphatic heterocycles. The summed E-state index contributed by atoms with van der Waals surface area (Å²) in [7, 11) is 2.08. The van der Waals surface area contributed by atoms with Gasteiger partial charge in [-0.25, -0.2) is 4.98 Å². The second-order valence-corrected chi connectivity index (χ2v) is 6.82. The Morgan fingerprint density at radius 1 is 1.48 bits per heavy atom. The Kier molecular flexibility index (Phi) is 5.82. The van der Waals surface area contributed by atoms with Gasteiger partial charge in [-0.1, -0.05) is 26.7 Å². The summed E-state index contributed by atoms with van der Waals surface area (Å²) in [5.41, 5.74) is 6.47. The molecule has 1 aliphatic rings. The Bertz CT molecular complexity index is 428. The molecule has 1 aromatic rings. The second kappa shape index (κ2) is 7.41. The molecule has 0 aromatic carbocycles. The molecule has 1 aromatic heterocycles. The minimum Gasteiger partial charge on any atom is -0.338 e. The Morgan fingerprint density at radius 2 is 2.29 bits per heavy atom. The Morgan fingerprint density at radius 3 is 2.86 bits per heavy atom. The average molecular weight is 292 g/mol. The number of aromatic nitrogens is 2. The molecule has 0 saturated heterocycles.